The lowest BCUT2D eigenvalue weighted by molar-refractivity contribution is 0.0984. The summed E-state index contributed by atoms with van der Waals surface area (Å²) in [4.78, 5) is 24.4. The van der Waals surface area contributed by atoms with Crippen LogP contribution in [0.3, 0.4) is 0 Å². The molecular weight excluding hydrogens is 434 g/mol. The van der Waals surface area contributed by atoms with Gasteiger partial charge in [0.2, 0.25) is 0 Å². The van der Waals surface area contributed by atoms with E-state index in [1.807, 2.05) is 37.3 Å². The van der Waals surface area contributed by atoms with Gasteiger partial charge >= 0.3 is 0 Å². The lowest BCUT2D eigenvalue weighted by Crippen LogP contribution is -2.30. The van der Waals surface area contributed by atoms with Crippen LogP contribution in [-0.2, 0) is 6.54 Å². The summed E-state index contributed by atoms with van der Waals surface area (Å²) in [6, 6.07) is 14.4. The molecule has 0 aliphatic carbocycles. The Morgan fingerprint density at radius 1 is 1.10 bits per heavy atom. The molecule has 2 aromatic carbocycles. The van der Waals surface area contributed by atoms with Gasteiger partial charge in [-0.05, 0) is 55.0 Å². The first-order chi connectivity index (χ1) is 15.0. The van der Waals surface area contributed by atoms with Gasteiger partial charge in [0.15, 0.2) is 16.6 Å². The highest BCUT2D eigenvalue weighted by molar-refractivity contribution is 7.22. The first-order valence-electron chi connectivity index (χ1n) is 9.50. The third kappa shape index (κ3) is 4.33. The number of rotatable bonds is 6. The number of fused-ring (bicyclic) bond motifs is 1. The fraction of sp³-hybridized carbons (Fsp3) is 0.174. The number of ether oxygens (including phenoxy) is 2. The number of aromatic nitrogens is 2. The van der Waals surface area contributed by atoms with Crippen molar-refractivity contribution in [2.24, 2.45) is 0 Å². The molecule has 0 spiro atoms. The summed E-state index contributed by atoms with van der Waals surface area (Å²) in [5.41, 5.74) is 3.00. The molecule has 2 aromatic heterocycles. The highest BCUT2D eigenvalue weighted by Crippen LogP contribution is 2.35. The fourth-order valence-electron chi connectivity index (χ4n) is 3.26. The Hall–Kier alpha value is -3.16. The summed E-state index contributed by atoms with van der Waals surface area (Å²) in [7, 11) is 3.10. The molecular formula is C23H20ClN3O3S. The minimum absolute atomic E-state index is 0.214. The van der Waals surface area contributed by atoms with Crippen molar-refractivity contribution < 1.29 is 14.3 Å². The van der Waals surface area contributed by atoms with Crippen LogP contribution in [0.4, 0.5) is 5.13 Å². The maximum Gasteiger partial charge on any atom is 0.260 e. The maximum absolute atomic E-state index is 13.6. The van der Waals surface area contributed by atoms with Crippen LogP contribution in [0, 0.1) is 6.92 Å². The van der Waals surface area contributed by atoms with Crippen molar-refractivity contribution in [2.45, 2.75) is 13.5 Å². The first kappa shape index (κ1) is 21.1. The second-order valence-electron chi connectivity index (χ2n) is 6.85. The van der Waals surface area contributed by atoms with E-state index in [2.05, 4.69) is 4.98 Å². The lowest BCUT2D eigenvalue weighted by Gasteiger charge is -2.20. The van der Waals surface area contributed by atoms with Gasteiger partial charge in [0.25, 0.3) is 5.91 Å². The molecule has 4 aromatic rings. The average Bonchev–Trinajstić information content (AvgIpc) is 3.21. The Balaban J connectivity index is 1.79. The highest BCUT2D eigenvalue weighted by atomic mass is 35.5. The Labute approximate surface area is 189 Å². The van der Waals surface area contributed by atoms with E-state index in [0.717, 1.165) is 21.5 Å². The number of benzene rings is 2. The minimum Gasteiger partial charge on any atom is -0.493 e. The number of hydrogen-bond acceptors (Lipinski definition) is 6. The largest absolute Gasteiger partial charge is 0.493 e. The van der Waals surface area contributed by atoms with Crippen molar-refractivity contribution in [2.75, 3.05) is 19.1 Å². The van der Waals surface area contributed by atoms with Crippen LogP contribution in [0.15, 0.2) is 54.7 Å². The van der Waals surface area contributed by atoms with Gasteiger partial charge in [0.1, 0.15) is 0 Å². The zero-order valence-electron chi connectivity index (χ0n) is 17.3. The van der Waals surface area contributed by atoms with Crippen molar-refractivity contribution in [3.8, 4) is 11.5 Å². The molecule has 8 heteroatoms. The van der Waals surface area contributed by atoms with Gasteiger partial charge in [0.05, 0.1) is 36.7 Å². The van der Waals surface area contributed by atoms with E-state index >= 15 is 0 Å². The maximum atomic E-state index is 13.6. The molecule has 2 heterocycles. The predicted octanol–water partition coefficient (Wildman–Crippen LogP) is 5.52. The number of halogens is 1. The normalized spacial score (nSPS) is 10.8. The van der Waals surface area contributed by atoms with Crippen LogP contribution in [0.2, 0.25) is 5.02 Å². The number of carbonyl (C=O) groups is 1. The minimum atomic E-state index is -0.214. The van der Waals surface area contributed by atoms with Crippen molar-refractivity contribution in [1.29, 1.82) is 0 Å². The summed E-state index contributed by atoms with van der Waals surface area (Å²) in [5.74, 6) is 0.827. The monoisotopic (exact) mass is 453 g/mol. The SMILES string of the molecule is COc1ccc(C(=O)N(Cc2ccccn2)c2nc3c(C)cc(Cl)cc3s2)cc1OC. The molecule has 0 saturated heterocycles. The van der Waals surface area contributed by atoms with Crippen LogP contribution in [-0.4, -0.2) is 30.1 Å². The highest BCUT2D eigenvalue weighted by Gasteiger charge is 2.24. The Morgan fingerprint density at radius 3 is 2.61 bits per heavy atom. The Bertz CT molecular complexity index is 1240. The van der Waals surface area contributed by atoms with E-state index in [-0.39, 0.29) is 12.5 Å². The number of amides is 1. The molecule has 0 radical (unpaired) electrons. The lowest BCUT2D eigenvalue weighted by atomic mass is 10.1. The molecule has 0 aliphatic rings. The summed E-state index contributed by atoms with van der Waals surface area (Å²) in [6.07, 6.45) is 1.71. The number of pyridine rings is 1. The van der Waals surface area contributed by atoms with E-state index in [1.165, 1.54) is 18.4 Å². The Kier molecular flexibility index (Phi) is 6.06. The second-order valence-corrected chi connectivity index (χ2v) is 8.29. The van der Waals surface area contributed by atoms with E-state index in [0.29, 0.717) is 27.2 Å². The van der Waals surface area contributed by atoms with Gasteiger partial charge in [-0.15, -0.1) is 0 Å². The number of methoxy groups -OCH3 is 2. The molecule has 0 saturated carbocycles. The van der Waals surface area contributed by atoms with E-state index in [1.54, 1.807) is 36.4 Å². The quantitative estimate of drug-likeness (QED) is 0.384. The molecule has 0 N–H and O–H groups in total. The van der Waals surface area contributed by atoms with Gasteiger partial charge in [-0.2, -0.15) is 0 Å². The molecule has 6 nitrogen and oxygen atoms in total. The van der Waals surface area contributed by atoms with Crippen molar-refractivity contribution in [3.63, 3.8) is 0 Å². The van der Waals surface area contributed by atoms with Gasteiger partial charge < -0.3 is 9.47 Å². The van der Waals surface area contributed by atoms with E-state index in [9.17, 15) is 4.79 Å². The van der Waals surface area contributed by atoms with Gasteiger partial charge in [0, 0.05) is 16.8 Å². The molecule has 4 rings (SSSR count). The second kappa shape index (κ2) is 8.91. The summed E-state index contributed by atoms with van der Waals surface area (Å²) in [6.45, 7) is 2.23. The van der Waals surface area contributed by atoms with Gasteiger partial charge in [-0.25, -0.2) is 4.98 Å². The molecule has 0 aliphatic heterocycles. The number of hydrogen-bond donors (Lipinski definition) is 0. The number of thiazole rings is 1. The number of carbonyl (C=O) groups excluding carboxylic acids is 1. The van der Waals surface area contributed by atoms with Crippen LogP contribution in [0.1, 0.15) is 21.6 Å². The van der Waals surface area contributed by atoms with E-state index in [4.69, 9.17) is 26.1 Å². The summed E-state index contributed by atoms with van der Waals surface area (Å²) < 4.78 is 11.6. The zero-order valence-corrected chi connectivity index (χ0v) is 18.8. The molecule has 0 unspecified atom stereocenters. The average molecular weight is 454 g/mol. The molecule has 158 valence electrons. The molecule has 31 heavy (non-hydrogen) atoms. The van der Waals surface area contributed by atoms with Crippen LogP contribution >= 0.6 is 22.9 Å². The van der Waals surface area contributed by atoms with E-state index < -0.39 is 0 Å². The number of nitrogens with zero attached hydrogens (tertiary/aromatic N) is 3. The number of aryl methyl sites for hydroxylation is 1. The van der Waals surface area contributed by atoms with Crippen LogP contribution in [0.25, 0.3) is 10.2 Å². The standard InChI is InChI=1S/C23H20ClN3O3S/c1-14-10-16(24)12-20-21(14)26-23(31-20)27(13-17-6-4-5-9-25-17)22(28)15-7-8-18(29-2)19(11-15)30-3/h4-12H,13H2,1-3H3. The fourth-order valence-corrected chi connectivity index (χ4v) is 4.68. The first-order valence-corrected chi connectivity index (χ1v) is 10.7. The third-order valence-electron chi connectivity index (χ3n) is 4.79. The summed E-state index contributed by atoms with van der Waals surface area (Å²) in [5, 5.41) is 1.22. The Morgan fingerprint density at radius 2 is 1.90 bits per heavy atom. The molecule has 1 amide bonds. The van der Waals surface area contributed by atoms with Gasteiger partial charge in [-0.3, -0.25) is 14.7 Å². The van der Waals surface area contributed by atoms with Gasteiger partial charge in [-0.1, -0.05) is 29.0 Å². The molecule has 0 fully saturated rings. The topological polar surface area (TPSA) is 64.5 Å². The zero-order chi connectivity index (χ0) is 22.0. The van der Waals surface area contributed by atoms with Crippen molar-refractivity contribution >= 4 is 44.2 Å². The van der Waals surface area contributed by atoms with Crippen molar-refractivity contribution in [1.82, 2.24) is 9.97 Å². The number of anilines is 1. The van der Waals surface area contributed by atoms with Crippen LogP contribution < -0.4 is 14.4 Å². The smallest absolute Gasteiger partial charge is 0.260 e. The molecule has 0 bridgehead atoms. The predicted molar refractivity (Wildman–Crippen MR) is 124 cm³/mol. The summed E-state index contributed by atoms with van der Waals surface area (Å²) >= 11 is 7.64. The molecule has 0 atom stereocenters. The van der Waals surface area contributed by atoms with Crippen LogP contribution in [0.5, 0.6) is 11.5 Å². The third-order valence-corrected chi connectivity index (χ3v) is 6.04. The van der Waals surface area contributed by atoms with Crippen molar-refractivity contribution in [3.05, 3.63) is 76.6 Å².